The van der Waals surface area contributed by atoms with Crippen molar-refractivity contribution in [2.75, 3.05) is 5.32 Å². The number of aromatic nitrogens is 1. The molecule has 0 aliphatic heterocycles. The molecular weight excluding hydrogens is 282 g/mol. The van der Waals surface area contributed by atoms with Gasteiger partial charge >= 0.3 is 0 Å². The first kappa shape index (κ1) is 14.1. The summed E-state index contributed by atoms with van der Waals surface area (Å²) in [5, 5.41) is 2.78. The Morgan fingerprint density at radius 3 is 2.94 bits per heavy atom. The van der Waals surface area contributed by atoms with Gasteiger partial charge in [0.1, 0.15) is 5.82 Å². The van der Waals surface area contributed by atoms with Gasteiger partial charge in [-0.2, -0.15) is 0 Å². The van der Waals surface area contributed by atoms with Gasteiger partial charge in [-0.1, -0.05) is 13.3 Å². The molecule has 0 fully saturated rings. The molecule has 1 heterocycles. The second-order valence-electron chi connectivity index (χ2n) is 4.12. The van der Waals surface area contributed by atoms with E-state index in [1.807, 2.05) is 13.0 Å². The molecule has 0 radical (unpaired) electrons. The lowest BCUT2D eigenvalue weighted by Gasteiger charge is -2.11. The van der Waals surface area contributed by atoms with E-state index in [0.29, 0.717) is 12.2 Å². The number of nitrogens with zero attached hydrogens (tertiary/aromatic N) is 1. The number of halogens is 1. The van der Waals surface area contributed by atoms with E-state index in [4.69, 9.17) is 5.73 Å². The Kier molecular flexibility index (Phi) is 5.58. The number of pyridine rings is 1. The maximum Gasteiger partial charge on any atom is 0.227 e. The third kappa shape index (κ3) is 4.83. The molecule has 0 spiro atoms. The van der Waals surface area contributed by atoms with Crippen LogP contribution in [0.3, 0.4) is 0 Å². The standard InChI is InChI=1S/C12H18BrN3O/c1-3-4-10(14)6-11(17)16-12-8(2)5-9(13)7-15-12/h5,7,10H,3-4,6,14H2,1-2H3,(H,15,16,17). The zero-order valence-electron chi connectivity index (χ0n) is 10.2. The van der Waals surface area contributed by atoms with E-state index in [-0.39, 0.29) is 11.9 Å². The van der Waals surface area contributed by atoms with Gasteiger partial charge in [0.25, 0.3) is 0 Å². The minimum atomic E-state index is -0.0797. The van der Waals surface area contributed by atoms with Gasteiger partial charge in [-0.05, 0) is 40.9 Å². The maximum atomic E-state index is 11.7. The summed E-state index contributed by atoms with van der Waals surface area (Å²) in [6.45, 7) is 3.96. The van der Waals surface area contributed by atoms with E-state index in [1.165, 1.54) is 0 Å². The Hall–Kier alpha value is -0.940. The molecule has 1 aromatic rings. The van der Waals surface area contributed by atoms with E-state index in [1.54, 1.807) is 6.20 Å². The quantitative estimate of drug-likeness (QED) is 0.878. The number of anilines is 1. The second-order valence-corrected chi connectivity index (χ2v) is 5.04. The highest BCUT2D eigenvalue weighted by Gasteiger charge is 2.10. The van der Waals surface area contributed by atoms with Gasteiger partial charge in [0.05, 0.1) is 0 Å². The molecule has 1 aromatic heterocycles. The van der Waals surface area contributed by atoms with Crippen molar-refractivity contribution < 1.29 is 4.79 Å². The highest BCUT2D eigenvalue weighted by atomic mass is 79.9. The molecule has 0 saturated carbocycles. The van der Waals surface area contributed by atoms with Crippen LogP contribution in [0.2, 0.25) is 0 Å². The maximum absolute atomic E-state index is 11.7. The first-order valence-electron chi connectivity index (χ1n) is 5.70. The first-order chi connectivity index (χ1) is 8.02. The number of rotatable bonds is 5. The van der Waals surface area contributed by atoms with Gasteiger partial charge in [-0.15, -0.1) is 0 Å². The van der Waals surface area contributed by atoms with E-state index >= 15 is 0 Å². The summed E-state index contributed by atoms with van der Waals surface area (Å²) in [6, 6.07) is 1.84. The van der Waals surface area contributed by atoms with Crippen molar-refractivity contribution in [3.8, 4) is 0 Å². The predicted octanol–water partition coefficient (Wildman–Crippen LogP) is 2.61. The number of hydrogen-bond donors (Lipinski definition) is 2. The second kappa shape index (κ2) is 6.71. The number of carbonyl (C=O) groups is 1. The normalized spacial score (nSPS) is 12.2. The van der Waals surface area contributed by atoms with E-state index in [9.17, 15) is 4.79 Å². The van der Waals surface area contributed by atoms with Crippen molar-refractivity contribution in [2.24, 2.45) is 5.73 Å². The molecule has 1 amide bonds. The summed E-state index contributed by atoms with van der Waals surface area (Å²) < 4.78 is 0.899. The molecule has 1 atom stereocenters. The fourth-order valence-electron chi connectivity index (χ4n) is 1.57. The number of nitrogens with two attached hydrogens (primary N) is 1. The summed E-state index contributed by atoms with van der Waals surface area (Å²) in [5.74, 6) is 0.519. The SMILES string of the molecule is CCCC(N)CC(=O)Nc1ncc(Br)cc1C. The zero-order valence-corrected chi connectivity index (χ0v) is 11.8. The number of nitrogens with one attached hydrogen (secondary N) is 1. The lowest BCUT2D eigenvalue weighted by atomic mass is 10.1. The van der Waals surface area contributed by atoms with Crippen molar-refractivity contribution in [3.63, 3.8) is 0 Å². The Balaban J connectivity index is 2.56. The smallest absolute Gasteiger partial charge is 0.227 e. The fourth-order valence-corrected chi connectivity index (χ4v) is 2.01. The van der Waals surface area contributed by atoms with Crippen molar-refractivity contribution in [1.82, 2.24) is 4.98 Å². The van der Waals surface area contributed by atoms with Gasteiger partial charge < -0.3 is 11.1 Å². The molecule has 1 unspecified atom stereocenters. The van der Waals surface area contributed by atoms with Crippen LogP contribution in [0, 0.1) is 6.92 Å². The minimum Gasteiger partial charge on any atom is -0.327 e. The molecular formula is C12H18BrN3O. The molecule has 4 nitrogen and oxygen atoms in total. The Labute approximate surface area is 110 Å². The van der Waals surface area contributed by atoms with Crippen LogP contribution in [-0.2, 0) is 4.79 Å². The van der Waals surface area contributed by atoms with Gasteiger partial charge in [-0.3, -0.25) is 4.79 Å². The van der Waals surface area contributed by atoms with Crippen LogP contribution in [0.5, 0.6) is 0 Å². The van der Waals surface area contributed by atoms with E-state index < -0.39 is 0 Å². The number of hydrogen-bond acceptors (Lipinski definition) is 3. The highest BCUT2D eigenvalue weighted by molar-refractivity contribution is 9.10. The van der Waals surface area contributed by atoms with Gasteiger partial charge in [0, 0.05) is 23.1 Å². The van der Waals surface area contributed by atoms with Crippen LogP contribution in [-0.4, -0.2) is 16.9 Å². The minimum absolute atomic E-state index is 0.0734. The Morgan fingerprint density at radius 2 is 2.35 bits per heavy atom. The molecule has 0 saturated heterocycles. The first-order valence-corrected chi connectivity index (χ1v) is 6.49. The molecule has 0 aromatic carbocycles. The van der Waals surface area contributed by atoms with Crippen molar-refractivity contribution >= 4 is 27.7 Å². The Bertz CT molecular complexity index is 395. The lowest BCUT2D eigenvalue weighted by molar-refractivity contribution is -0.116. The van der Waals surface area contributed by atoms with Crippen LogP contribution in [0.1, 0.15) is 31.7 Å². The number of amides is 1. The Morgan fingerprint density at radius 1 is 1.65 bits per heavy atom. The summed E-state index contributed by atoms with van der Waals surface area (Å²) in [6.07, 6.45) is 3.85. The molecule has 3 N–H and O–H groups in total. The molecule has 17 heavy (non-hydrogen) atoms. The third-order valence-corrected chi connectivity index (χ3v) is 2.84. The summed E-state index contributed by atoms with van der Waals surface area (Å²) in [4.78, 5) is 15.8. The van der Waals surface area contributed by atoms with Gasteiger partial charge in [-0.25, -0.2) is 4.98 Å². The van der Waals surface area contributed by atoms with Crippen molar-refractivity contribution in [2.45, 2.75) is 39.2 Å². The largest absolute Gasteiger partial charge is 0.327 e. The highest BCUT2D eigenvalue weighted by Crippen LogP contribution is 2.17. The monoisotopic (exact) mass is 299 g/mol. The molecule has 94 valence electrons. The molecule has 0 bridgehead atoms. The van der Waals surface area contributed by atoms with E-state index in [2.05, 4.69) is 33.2 Å². The number of aryl methyl sites for hydroxylation is 1. The topological polar surface area (TPSA) is 68.0 Å². The average molecular weight is 300 g/mol. The van der Waals surface area contributed by atoms with Crippen LogP contribution >= 0.6 is 15.9 Å². The molecule has 1 rings (SSSR count). The molecule has 5 heteroatoms. The third-order valence-electron chi connectivity index (χ3n) is 2.41. The van der Waals surface area contributed by atoms with Crippen molar-refractivity contribution in [1.29, 1.82) is 0 Å². The molecule has 0 aliphatic carbocycles. The van der Waals surface area contributed by atoms with Crippen LogP contribution in [0.25, 0.3) is 0 Å². The van der Waals surface area contributed by atoms with Gasteiger partial charge in [0.15, 0.2) is 0 Å². The summed E-state index contributed by atoms with van der Waals surface area (Å²) in [7, 11) is 0. The summed E-state index contributed by atoms with van der Waals surface area (Å²) >= 11 is 3.33. The van der Waals surface area contributed by atoms with Crippen molar-refractivity contribution in [3.05, 3.63) is 22.3 Å². The number of carbonyl (C=O) groups excluding carboxylic acids is 1. The predicted molar refractivity (Wildman–Crippen MR) is 72.8 cm³/mol. The van der Waals surface area contributed by atoms with Crippen LogP contribution in [0.15, 0.2) is 16.7 Å². The summed E-state index contributed by atoms with van der Waals surface area (Å²) in [5.41, 5.74) is 6.74. The van der Waals surface area contributed by atoms with Crippen LogP contribution < -0.4 is 11.1 Å². The van der Waals surface area contributed by atoms with Crippen LogP contribution in [0.4, 0.5) is 5.82 Å². The fraction of sp³-hybridized carbons (Fsp3) is 0.500. The zero-order chi connectivity index (χ0) is 12.8. The van der Waals surface area contributed by atoms with E-state index in [0.717, 1.165) is 22.9 Å². The van der Waals surface area contributed by atoms with Gasteiger partial charge in [0.2, 0.25) is 5.91 Å². The lowest BCUT2D eigenvalue weighted by Crippen LogP contribution is -2.27. The molecule has 0 aliphatic rings. The average Bonchev–Trinajstić information content (AvgIpc) is 2.22.